The van der Waals surface area contributed by atoms with Gasteiger partial charge < -0.3 is 10.6 Å². The van der Waals surface area contributed by atoms with E-state index in [0.717, 1.165) is 35.6 Å². The molecule has 0 radical (unpaired) electrons. The molecule has 1 amide bonds. The fourth-order valence-electron chi connectivity index (χ4n) is 2.51. The number of anilines is 2. The third-order valence-corrected chi connectivity index (χ3v) is 3.59. The Hall–Kier alpha value is -2.36. The van der Waals surface area contributed by atoms with Crippen LogP contribution in [0.3, 0.4) is 0 Å². The van der Waals surface area contributed by atoms with Gasteiger partial charge in [0, 0.05) is 24.0 Å². The number of carbonyl (C=O) groups excluding carboxylic acids is 1. The first kappa shape index (κ1) is 17.0. The van der Waals surface area contributed by atoms with Gasteiger partial charge in [0.05, 0.1) is 0 Å². The van der Waals surface area contributed by atoms with E-state index in [2.05, 4.69) is 28.6 Å². The van der Waals surface area contributed by atoms with Crippen LogP contribution in [-0.4, -0.2) is 17.4 Å². The highest BCUT2D eigenvalue weighted by molar-refractivity contribution is 6.04. The first-order valence-corrected chi connectivity index (χ1v) is 8.18. The molecule has 0 aliphatic carbocycles. The molecule has 0 fully saturated rings. The van der Waals surface area contributed by atoms with E-state index < -0.39 is 0 Å². The van der Waals surface area contributed by atoms with Gasteiger partial charge in [0.25, 0.3) is 5.91 Å². The lowest BCUT2D eigenvalue weighted by Crippen LogP contribution is -2.13. The smallest absolute Gasteiger partial charge is 0.255 e. The van der Waals surface area contributed by atoms with Crippen LogP contribution in [0.4, 0.5) is 11.5 Å². The summed E-state index contributed by atoms with van der Waals surface area (Å²) in [6.07, 6.45) is 5.16. The normalized spacial score (nSPS) is 10.4. The van der Waals surface area contributed by atoms with Gasteiger partial charge in [0.2, 0.25) is 0 Å². The number of hydrogen-bond donors (Lipinski definition) is 2. The van der Waals surface area contributed by atoms with Crippen LogP contribution in [0.2, 0.25) is 0 Å². The summed E-state index contributed by atoms with van der Waals surface area (Å²) in [5.41, 5.74) is 3.69. The topological polar surface area (TPSA) is 54.0 Å². The maximum Gasteiger partial charge on any atom is 0.255 e. The highest BCUT2D eigenvalue weighted by Crippen LogP contribution is 2.16. The zero-order valence-corrected chi connectivity index (χ0v) is 14.1. The molecule has 2 aromatic rings. The fourth-order valence-corrected chi connectivity index (χ4v) is 2.51. The van der Waals surface area contributed by atoms with Gasteiger partial charge in [-0.3, -0.25) is 4.79 Å². The lowest BCUT2D eigenvalue weighted by atomic mass is 10.1. The summed E-state index contributed by atoms with van der Waals surface area (Å²) >= 11 is 0. The molecule has 2 rings (SSSR count). The van der Waals surface area contributed by atoms with Gasteiger partial charge in [0.1, 0.15) is 5.82 Å². The van der Waals surface area contributed by atoms with Gasteiger partial charge in [-0.15, -0.1) is 0 Å². The van der Waals surface area contributed by atoms with E-state index in [9.17, 15) is 4.79 Å². The van der Waals surface area contributed by atoms with Gasteiger partial charge in [-0.2, -0.15) is 0 Å². The number of nitrogens with zero attached hydrogens (tertiary/aromatic N) is 1. The Morgan fingerprint density at radius 1 is 1.09 bits per heavy atom. The van der Waals surface area contributed by atoms with Crippen molar-refractivity contribution in [2.45, 2.75) is 40.0 Å². The van der Waals surface area contributed by atoms with Crippen molar-refractivity contribution in [3.05, 3.63) is 53.2 Å². The first-order valence-electron chi connectivity index (χ1n) is 8.18. The third kappa shape index (κ3) is 5.40. The lowest BCUT2D eigenvalue weighted by Gasteiger charge is -2.09. The number of hydrogen-bond acceptors (Lipinski definition) is 3. The zero-order chi connectivity index (χ0) is 16.7. The van der Waals surface area contributed by atoms with Crippen LogP contribution >= 0.6 is 0 Å². The molecular weight excluding hydrogens is 286 g/mol. The average Bonchev–Trinajstić information content (AvgIpc) is 2.51. The summed E-state index contributed by atoms with van der Waals surface area (Å²) in [6, 6.07) is 9.55. The van der Waals surface area contributed by atoms with Crippen molar-refractivity contribution >= 4 is 17.4 Å². The van der Waals surface area contributed by atoms with Gasteiger partial charge in [-0.1, -0.05) is 25.8 Å². The van der Waals surface area contributed by atoms with Gasteiger partial charge in [0.15, 0.2) is 0 Å². The molecule has 0 atom stereocenters. The number of carbonyl (C=O) groups is 1. The Kier molecular flexibility index (Phi) is 6.15. The molecule has 0 aliphatic rings. The van der Waals surface area contributed by atoms with Crippen LogP contribution in [0.15, 0.2) is 36.5 Å². The molecule has 0 spiro atoms. The minimum Gasteiger partial charge on any atom is -0.370 e. The van der Waals surface area contributed by atoms with E-state index in [1.165, 1.54) is 12.8 Å². The van der Waals surface area contributed by atoms with Crippen LogP contribution in [0.1, 0.15) is 47.7 Å². The molecule has 4 heteroatoms. The summed E-state index contributed by atoms with van der Waals surface area (Å²) in [6.45, 7) is 7.10. The molecule has 0 aliphatic heterocycles. The van der Waals surface area contributed by atoms with Gasteiger partial charge >= 0.3 is 0 Å². The molecular formula is C19H25N3O. The maximum atomic E-state index is 12.4. The number of benzene rings is 1. The van der Waals surface area contributed by atoms with Crippen LogP contribution in [-0.2, 0) is 0 Å². The Balaban J connectivity index is 2.01. The highest BCUT2D eigenvalue weighted by atomic mass is 16.1. The molecule has 0 saturated heterocycles. The van der Waals surface area contributed by atoms with Crippen LogP contribution in [0.5, 0.6) is 0 Å². The number of rotatable bonds is 7. The van der Waals surface area contributed by atoms with Crippen LogP contribution in [0.25, 0.3) is 0 Å². The fraction of sp³-hybridized carbons (Fsp3) is 0.368. The molecule has 4 nitrogen and oxygen atoms in total. The molecule has 122 valence electrons. The second-order valence-electron chi connectivity index (χ2n) is 5.89. The predicted molar refractivity (Wildman–Crippen MR) is 96.1 cm³/mol. The molecule has 0 bridgehead atoms. The minimum atomic E-state index is -0.117. The number of aromatic nitrogens is 1. The van der Waals surface area contributed by atoms with E-state index >= 15 is 0 Å². The number of pyridine rings is 1. The summed E-state index contributed by atoms with van der Waals surface area (Å²) in [4.78, 5) is 16.7. The molecule has 0 saturated carbocycles. The van der Waals surface area contributed by atoms with Crippen molar-refractivity contribution in [2.24, 2.45) is 0 Å². The Morgan fingerprint density at radius 2 is 1.83 bits per heavy atom. The Morgan fingerprint density at radius 3 is 2.52 bits per heavy atom. The molecule has 1 aromatic heterocycles. The van der Waals surface area contributed by atoms with Crippen molar-refractivity contribution in [3.63, 3.8) is 0 Å². The van der Waals surface area contributed by atoms with Gasteiger partial charge in [-0.05, 0) is 55.7 Å². The van der Waals surface area contributed by atoms with Crippen LogP contribution in [0, 0.1) is 13.8 Å². The number of nitrogens with one attached hydrogen (secondary N) is 2. The number of unbranched alkanes of at least 4 members (excludes halogenated alkanes) is 2. The molecule has 1 heterocycles. The lowest BCUT2D eigenvalue weighted by molar-refractivity contribution is 0.102. The second kappa shape index (κ2) is 8.32. The third-order valence-electron chi connectivity index (χ3n) is 3.59. The van der Waals surface area contributed by atoms with Crippen molar-refractivity contribution in [1.29, 1.82) is 0 Å². The summed E-state index contributed by atoms with van der Waals surface area (Å²) in [5, 5.41) is 6.21. The largest absolute Gasteiger partial charge is 0.370 e. The van der Waals surface area contributed by atoms with Crippen LogP contribution < -0.4 is 10.6 Å². The summed E-state index contributed by atoms with van der Waals surface area (Å²) < 4.78 is 0. The van der Waals surface area contributed by atoms with E-state index in [-0.39, 0.29) is 5.91 Å². The average molecular weight is 311 g/mol. The number of amides is 1. The monoisotopic (exact) mass is 311 g/mol. The first-order chi connectivity index (χ1) is 11.1. The predicted octanol–water partition coefficient (Wildman–Crippen LogP) is 4.55. The van der Waals surface area contributed by atoms with Crippen molar-refractivity contribution in [3.8, 4) is 0 Å². The Labute approximate surface area is 138 Å². The van der Waals surface area contributed by atoms with Gasteiger partial charge in [-0.25, -0.2) is 4.98 Å². The standard InChI is InChI=1S/C19H25N3O/c1-4-5-6-8-20-18-13-16(7-9-21-18)19(23)22-17-11-14(2)10-15(3)12-17/h7,9-13H,4-6,8H2,1-3H3,(H,20,21)(H,22,23). The molecule has 1 aromatic carbocycles. The Bertz CT molecular complexity index is 647. The minimum absolute atomic E-state index is 0.117. The molecule has 0 unspecified atom stereocenters. The van der Waals surface area contributed by atoms with E-state index in [4.69, 9.17) is 0 Å². The summed E-state index contributed by atoms with van der Waals surface area (Å²) in [5.74, 6) is 0.628. The van der Waals surface area contributed by atoms with Crippen molar-refractivity contribution in [1.82, 2.24) is 4.98 Å². The van der Waals surface area contributed by atoms with Crippen molar-refractivity contribution in [2.75, 3.05) is 17.2 Å². The SMILES string of the molecule is CCCCCNc1cc(C(=O)Nc2cc(C)cc(C)c2)ccn1. The zero-order valence-electron chi connectivity index (χ0n) is 14.1. The van der Waals surface area contributed by atoms with E-state index in [1.54, 1.807) is 18.3 Å². The molecule has 23 heavy (non-hydrogen) atoms. The molecule has 2 N–H and O–H groups in total. The quantitative estimate of drug-likeness (QED) is 0.737. The van der Waals surface area contributed by atoms with E-state index in [0.29, 0.717) is 5.56 Å². The second-order valence-corrected chi connectivity index (χ2v) is 5.89. The highest BCUT2D eigenvalue weighted by Gasteiger charge is 2.08. The van der Waals surface area contributed by atoms with E-state index in [1.807, 2.05) is 26.0 Å². The van der Waals surface area contributed by atoms with Crippen molar-refractivity contribution < 1.29 is 4.79 Å². The summed E-state index contributed by atoms with van der Waals surface area (Å²) in [7, 11) is 0. The number of aryl methyl sites for hydroxylation is 2. The maximum absolute atomic E-state index is 12.4.